The molecule has 1 fully saturated rings. The Morgan fingerprint density at radius 2 is 1.86 bits per heavy atom. The lowest BCUT2D eigenvalue weighted by molar-refractivity contribution is -0.144. The number of hydrogen-bond donors (Lipinski definition) is 1. The van der Waals surface area contributed by atoms with Gasteiger partial charge in [-0.25, -0.2) is 0 Å². The Kier molecular flexibility index (Phi) is 5.26. The predicted octanol–water partition coefficient (Wildman–Crippen LogP) is 3.33. The van der Waals surface area contributed by atoms with Crippen molar-refractivity contribution < 1.29 is 14.7 Å². The summed E-state index contributed by atoms with van der Waals surface area (Å²) in [5.41, 5.74) is 0.790. The van der Waals surface area contributed by atoms with Gasteiger partial charge in [-0.05, 0) is 36.6 Å². The molecule has 21 heavy (non-hydrogen) atoms. The highest BCUT2D eigenvalue weighted by Crippen LogP contribution is 2.23. The van der Waals surface area contributed by atoms with E-state index >= 15 is 0 Å². The molecule has 1 aromatic carbocycles. The lowest BCUT2D eigenvalue weighted by Crippen LogP contribution is -2.39. The molecule has 4 nitrogen and oxygen atoms in total. The van der Waals surface area contributed by atoms with Crippen LogP contribution in [0, 0.1) is 5.92 Å². The lowest BCUT2D eigenvalue weighted by Gasteiger charge is -2.29. The molecule has 1 heterocycles. The summed E-state index contributed by atoms with van der Waals surface area (Å²) in [6, 6.07) is 5.13. The number of amides is 1. The molecule has 1 aliphatic rings. The van der Waals surface area contributed by atoms with Crippen LogP contribution < -0.4 is 0 Å². The van der Waals surface area contributed by atoms with E-state index in [1.807, 2.05) is 0 Å². The van der Waals surface area contributed by atoms with Crippen molar-refractivity contribution in [3.05, 3.63) is 39.9 Å². The molecule has 1 aromatic rings. The van der Waals surface area contributed by atoms with Gasteiger partial charge in [0.05, 0.1) is 16.0 Å². The summed E-state index contributed by atoms with van der Waals surface area (Å²) < 4.78 is 0. The Bertz CT molecular complexity index is 578. The van der Waals surface area contributed by atoms with Crippen LogP contribution in [0.2, 0.25) is 10.0 Å². The average molecular weight is 328 g/mol. The number of benzene rings is 1. The van der Waals surface area contributed by atoms with Crippen LogP contribution in [0.25, 0.3) is 6.08 Å². The van der Waals surface area contributed by atoms with E-state index in [1.165, 1.54) is 6.08 Å². The highest BCUT2D eigenvalue weighted by atomic mass is 35.5. The molecule has 1 aliphatic heterocycles. The van der Waals surface area contributed by atoms with Crippen LogP contribution in [-0.4, -0.2) is 35.0 Å². The Morgan fingerprint density at radius 3 is 2.43 bits per heavy atom. The topological polar surface area (TPSA) is 57.6 Å². The zero-order chi connectivity index (χ0) is 15.4. The highest BCUT2D eigenvalue weighted by Gasteiger charge is 2.25. The van der Waals surface area contributed by atoms with E-state index in [-0.39, 0.29) is 11.8 Å². The molecule has 0 aliphatic carbocycles. The molecule has 2 rings (SSSR count). The van der Waals surface area contributed by atoms with Crippen LogP contribution in [0.15, 0.2) is 24.3 Å². The maximum atomic E-state index is 12.0. The number of hydrogen-bond acceptors (Lipinski definition) is 2. The van der Waals surface area contributed by atoms with Gasteiger partial charge in [0.25, 0.3) is 0 Å². The molecular formula is C15H15Cl2NO3. The number of carboxylic acids is 1. The number of rotatable bonds is 3. The van der Waals surface area contributed by atoms with Gasteiger partial charge in [0.1, 0.15) is 0 Å². The molecule has 0 radical (unpaired) electrons. The van der Waals surface area contributed by atoms with E-state index in [9.17, 15) is 9.59 Å². The number of likely N-dealkylation sites (tertiary alicyclic amines) is 1. The first-order valence-electron chi connectivity index (χ1n) is 6.62. The third kappa shape index (κ3) is 4.22. The first-order valence-corrected chi connectivity index (χ1v) is 7.38. The fourth-order valence-electron chi connectivity index (χ4n) is 2.24. The second-order valence-corrected chi connectivity index (χ2v) is 5.76. The summed E-state index contributed by atoms with van der Waals surface area (Å²) in [6.07, 6.45) is 4.15. The molecule has 0 spiro atoms. The fourth-order valence-corrected chi connectivity index (χ4v) is 2.54. The van der Waals surface area contributed by atoms with Gasteiger partial charge >= 0.3 is 5.97 Å². The number of carboxylic acid groups (broad SMARTS) is 1. The van der Waals surface area contributed by atoms with Gasteiger partial charge in [-0.1, -0.05) is 29.3 Å². The fraction of sp³-hybridized carbons (Fsp3) is 0.333. The standard InChI is InChI=1S/C15H15Cl2NO3/c16-12-3-1-10(9-13(12)17)2-4-14(19)18-7-5-11(6-8-18)15(20)21/h1-4,9,11H,5-8H2,(H,20,21)/b4-2+. The maximum Gasteiger partial charge on any atom is 0.306 e. The van der Waals surface area contributed by atoms with Gasteiger partial charge < -0.3 is 10.0 Å². The van der Waals surface area contributed by atoms with Crippen LogP contribution in [0.3, 0.4) is 0 Å². The first kappa shape index (κ1) is 15.9. The van der Waals surface area contributed by atoms with Gasteiger partial charge in [0, 0.05) is 19.2 Å². The van der Waals surface area contributed by atoms with E-state index in [0.29, 0.717) is 36.0 Å². The van der Waals surface area contributed by atoms with Crippen molar-refractivity contribution in [3.63, 3.8) is 0 Å². The molecule has 0 saturated carbocycles. The number of aliphatic carboxylic acids is 1. The molecule has 0 bridgehead atoms. The molecule has 1 saturated heterocycles. The third-order valence-electron chi connectivity index (χ3n) is 3.52. The number of nitrogens with zero attached hydrogens (tertiary/aromatic N) is 1. The summed E-state index contributed by atoms with van der Waals surface area (Å²) in [4.78, 5) is 24.6. The van der Waals surface area contributed by atoms with Crippen molar-refractivity contribution in [1.29, 1.82) is 0 Å². The van der Waals surface area contributed by atoms with Gasteiger partial charge in [0.15, 0.2) is 0 Å². The van der Waals surface area contributed by atoms with Crippen LogP contribution in [0.5, 0.6) is 0 Å². The van der Waals surface area contributed by atoms with Crippen molar-refractivity contribution >= 4 is 41.2 Å². The lowest BCUT2D eigenvalue weighted by atomic mass is 9.97. The molecule has 112 valence electrons. The number of halogens is 2. The Hall–Kier alpha value is -1.52. The van der Waals surface area contributed by atoms with Crippen molar-refractivity contribution in [2.45, 2.75) is 12.8 Å². The predicted molar refractivity (Wildman–Crippen MR) is 82.4 cm³/mol. The van der Waals surface area contributed by atoms with E-state index in [0.717, 1.165) is 5.56 Å². The van der Waals surface area contributed by atoms with Crippen molar-refractivity contribution in [3.8, 4) is 0 Å². The van der Waals surface area contributed by atoms with Crippen LogP contribution in [-0.2, 0) is 9.59 Å². The van der Waals surface area contributed by atoms with Crippen molar-refractivity contribution in [2.75, 3.05) is 13.1 Å². The van der Waals surface area contributed by atoms with Crippen LogP contribution >= 0.6 is 23.2 Å². The summed E-state index contributed by atoms with van der Waals surface area (Å²) in [5, 5.41) is 9.83. The second kappa shape index (κ2) is 6.96. The Labute approximate surface area is 133 Å². The second-order valence-electron chi connectivity index (χ2n) is 4.94. The average Bonchev–Trinajstić information content (AvgIpc) is 2.48. The summed E-state index contributed by atoms with van der Waals surface area (Å²) >= 11 is 11.7. The molecular weight excluding hydrogens is 313 g/mol. The quantitative estimate of drug-likeness (QED) is 0.866. The van der Waals surface area contributed by atoms with E-state index in [2.05, 4.69) is 0 Å². The van der Waals surface area contributed by atoms with Gasteiger partial charge in [-0.2, -0.15) is 0 Å². The first-order chi connectivity index (χ1) is 9.97. The summed E-state index contributed by atoms with van der Waals surface area (Å²) in [5.74, 6) is -1.24. The number of carbonyl (C=O) groups excluding carboxylic acids is 1. The smallest absolute Gasteiger partial charge is 0.306 e. The van der Waals surface area contributed by atoms with E-state index in [1.54, 1.807) is 29.2 Å². The minimum atomic E-state index is -0.784. The van der Waals surface area contributed by atoms with E-state index < -0.39 is 5.97 Å². The van der Waals surface area contributed by atoms with Crippen LogP contribution in [0.4, 0.5) is 0 Å². The monoisotopic (exact) mass is 327 g/mol. The van der Waals surface area contributed by atoms with Gasteiger partial charge in [0.2, 0.25) is 5.91 Å². The molecule has 1 N–H and O–H groups in total. The zero-order valence-electron chi connectivity index (χ0n) is 11.3. The van der Waals surface area contributed by atoms with E-state index in [4.69, 9.17) is 28.3 Å². The molecule has 0 unspecified atom stereocenters. The van der Waals surface area contributed by atoms with Gasteiger partial charge in [-0.15, -0.1) is 0 Å². The number of carbonyl (C=O) groups is 2. The maximum absolute atomic E-state index is 12.0. The normalized spacial score (nSPS) is 16.4. The molecule has 0 atom stereocenters. The summed E-state index contributed by atoms with van der Waals surface area (Å²) in [7, 11) is 0. The Morgan fingerprint density at radius 1 is 1.19 bits per heavy atom. The summed E-state index contributed by atoms with van der Waals surface area (Å²) in [6.45, 7) is 0.947. The third-order valence-corrected chi connectivity index (χ3v) is 4.26. The highest BCUT2D eigenvalue weighted by molar-refractivity contribution is 6.42. The van der Waals surface area contributed by atoms with Crippen molar-refractivity contribution in [1.82, 2.24) is 4.90 Å². The largest absolute Gasteiger partial charge is 0.481 e. The Balaban J connectivity index is 1.94. The molecule has 1 amide bonds. The number of piperidine rings is 1. The van der Waals surface area contributed by atoms with Crippen LogP contribution in [0.1, 0.15) is 18.4 Å². The zero-order valence-corrected chi connectivity index (χ0v) is 12.8. The van der Waals surface area contributed by atoms with Crippen molar-refractivity contribution in [2.24, 2.45) is 5.92 Å². The molecule has 0 aromatic heterocycles. The SMILES string of the molecule is O=C(O)C1CCN(C(=O)/C=C/c2ccc(Cl)c(Cl)c2)CC1. The minimum Gasteiger partial charge on any atom is -0.481 e. The minimum absolute atomic E-state index is 0.120. The van der Waals surface area contributed by atoms with Gasteiger partial charge in [-0.3, -0.25) is 9.59 Å². The molecule has 6 heteroatoms.